The lowest BCUT2D eigenvalue weighted by atomic mass is 10.2. The quantitative estimate of drug-likeness (QED) is 0.681. The van der Waals surface area contributed by atoms with Gasteiger partial charge in [0.1, 0.15) is 6.04 Å². The van der Waals surface area contributed by atoms with Crippen molar-refractivity contribution in [3.8, 4) is 0 Å². The highest BCUT2D eigenvalue weighted by Gasteiger charge is 2.18. The van der Waals surface area contributed by atoms with Crippen LogP contribution in [-0.4, -0.2) is 32.9 Å². The number of nitrogens with one attached hydrogen (secondary N) is 2. The van der Waals surface area contributed by atoms with E-state index in [0.717, 1.165) is 0 Å². The molecule has 0 saturated carbocycles. The SMILES string of the molecule is C=CCC(NC(=O)Nc1ccn(C(C)C)n1)C(=O)O. The van der Waals surface area contributed by atoms with Gasteiger partial charge in [0, 0.05) is 18.3 Å². The number of rotatable bonds is 6. The predicted octanol–water partition coefficient (Wildman–Crippen LogP) is 1.61. The average Bonchev–Trinajstić information content (AvgIpc) is 2.76. The molecular formula is C12H18N4O3. The summed E-state index contributed by atoms with van der Waals surface area (Å²) in [7, 11) is 0. The molecule has 3 N–H and O–H groups in total. The molecule has 19 heavy (non-hydrogen) atoms. The maximum absolute atomic E-state index is 11.6. The van der Waals surface area contributed by atoms with Gasteiger partial charge in [0.15, 0.2) is 5.82 Å². The molecule has 2 amide bonds. The van der Waals surface area contributed by atoms with Gasteiger partial charge < -0.3 is 10.4 Å². The Labute approximate surface area is 111 Å². The normalized spacial score (nSPS) is 11.9. The Balaban J connectivity index is 2.58. The fourth-order valence-electron chi connectivity index (χ4n) is 1.39. The molecule has 1 rings (SSSR count). The van der Waals surface area contributed by atoms with Crippen LogP contribution in [0.4, 0.5) is 10.6 Å². The largest absolute Gasteiger partial charge is 0.480 e. The molecule has 7 heteroatoms. The van der Waals surface area contributed by atoms with Crippen molar-refractivity contribution in [2.75, 3.05) is 5.32 Å². The van der Waals surface area contributed by atoms with E-state index in [1.165, 1.54) is 6.08 Å². The van der Waals surface area contributed by atoms with Gasteiger partial charge in [-0.3, -0.25) is 10.00 Å². The molecule has 0 aromatic carbocycles. The van der Waals surface area contributed by atoms with Crippen molar-refractivity contribution < 1.29 is 14.7 Å². The Morgan fingerprint density at radius 3 is 2.74 bits per heavy atom. The van der Waals surface area contributed by atoms with Gasteiger partial charge in [-0.05, 0) is 20.3 Å². The molecular weight excluding hydrogens is 248 g/mol. The average molecular weight is 266 g/mol. The first-order valence-electron chi connectivity index (χ1n) is 5.90. The van der Waals surface area contributed by atoms with Crippen molar-refractivity contribution in [1.82, 2.24) is 15.1 Å². The van der Waals surface area contributed by atoms with Crippen molar-refractivity contribution >= 4 is 17.8 Å². The van der Waals surface area contributed by atoms with Crippen LogP contribution in [-0.2, 0) is 4.79 Å². The molecule has 0 spiro atoms. The number of aliphatic carboxylic acids is 1. The molecule has 0 bridgehead atoms. The van der Waals surface area contributed by atoms with Crippen LogP contribution < -0.4 is 10.6 Å². The molecule has 0 aliphatic carbocycles. The number of anilines is 1. The lowest BCUT2D eigenvalue weighted by Crippen LogP contribution is -2.42. The monoisotopic (exact) mass is 266 g/mol. The highest BCUT2D eigenvalue weighted by Crippen LogP contribution is 2.08. The van der Waals surface area contributed by atoms with Gasteiger partial charge in [-0.25, -0.2) is 9.59 Å². The number of carboxylic acids is 1. The Kier molecular flexibility index (Phi) is 5.11. The number of carbonyl (C=O) groups is 2. The Morgan fingerprint density at radius 2 is 2.26 bits per heavy atom. The fourth-order valence-corrected chi connectivity index (χ4v) is 1.39. The fraction of sp³-hybridized carbons (Fsp3) is 0.417. The Hall–Kier alpha value is -2.31. The summed E-state index contributed by atoms with van der Waals surface area (Å²) >= 11 is 0. The standard InChI is InChI=1S/C12H18N4O3/c1-4-5-9(11(17)18)13-12(19)14-10-6-7-16(15-10)8(2)3/h4,6-9H,1,5H2,2-3H3,(H,17,18)(H2,13,14,15,19). The predicted molar refractivity (Wildman–Crippen MR) is 71.0 cm³/mol. The zero-order valence-electron chi connectivity index (χ0n) is 11.0. The number of hydrogen-bond donors (Lipinski definition) is 3. The molecule has 0 aliphatic heterocycles. The molecule has 0 fully saturated rings. The summed E-state index contributed by atoms with van der Waals surface area (Å²) in [4.78, 5) is 22.5. The molecule has 1 heterocycles. The van der Waals surface area contributed by atoms with Gasteiger partial charge in [0.25, 0.3) is 0 Å². The van der Waals surface area contributed by atoms with Crippen LogP contribution >= 0.6 is 0 Å². The summed E-state index contributed by atoms with van der Waals surface area (Å²) in [6, 6.07) is 0.224. The minimum Gasteiger partial charge on any atom is -0.480 e. The first-order valence-corrected chi connectivity index (χ1v) is 5.90. The van der Waals surface area contributed by atoms with E-state index < -0.39 is 18.0 Å². The number of nitrogens with zero attached hydrogens (tertiary/aromatic N) is 2. The van der Waals surface area contributed by atoms with E-state index in [2.05, 4.69) is 22.3 Å². The topological polar surface area (TPSA) is 96.3 Å². The number of urea groups is 1. The van der Waals surface area contributed by atoms with Crippen LogP contribution in [0.25, 0.3) is 0 Å². The van der Waals surface area contributed by atoms with Crippen LogP contribution in [0.3, 0.4) is 0 Å². The first kappa shape index (κ1) is 14.7. The third-order valence-corrected chi connectivity index (χ3v) is 2.38. The van der Waals surface area contributed by atoms with E-state index in [-0.39, 0.29) is 12.5 Å². The number of carboxylic acid groups (broad SMARTS) is 1. The highest BCUT2D eigenvalue weighted by molar-refractivity contribution is 5.91. The lowest BCUT2D eigenvalue weighted by molar-refractivity contribution is -0.139. The molecule has 104 valence electrons. The summed E-state index contributed by atoms with van der Waals surface area (Å²) in [5.74, 6) is -0.739. The van der Waals surface area contributed by atoms with Crippen LogP contribution in [0.5, 0.6) is 0 Å². The summed E-state index contributed by atoms with van der Waals surface area (Å²) in [5.41, 5.74) is 0. The van der Waals surface area contributed by atoms with Gasteiger partial charge in [-0.2, -0.15) is 5.10 Å². The Bertz CT molecular complexity index is 467. The highest BCUT2D eigenvalue weighted by atomic mass is 16.4. The van der Waals surface area contributed by atoms with Crippen molar-refractivity contribution in [3.05, 3.63) is 24.9 Å². The van der Waals surface area contributed by atoms with E-state index in [4.69, 9.17) is 5.11 Å². The maximum atomic E-state index is 11.6. The number of hydrogen-bond acceptors (Lipinski definition) is 3. The zero-order chi connectivity index (χ0) is 14.4. The van der Waals surface area contributed by atoms with E-state index in [1.54, 1.807) is 16.9 Å². The minimum absolute atomic E-state index is 0.156. The van der Waals surface area contributed by atoms with Gasteiger partial charge >= 0.3 is 12.0 Å². The van der Waals surface area contributed by atoms with E-state index >= 15 is 0 Å². The van der Waals surface area contributed by atoms with Gasteiger partial charge in [-0.15, -0.1) is 6.58 Å². The second kappa shape index (κ2) is 6.58. The van der Waals surface area contributed by atoms with Crippen molar-refractivity contribution in [2.24, 2.45) is 0 Å². The third kappa shape index (κ3) is 4.46. The molecule has 0 aliphatic rings. The maximum Gasteiger partial charge on any atom is 0.326 e. The zero-order valence-corrected chi connectivity index (χ0v) is 11.0. The summed E-state index contributed by atoms with van der Waals surface area (Å²) in [5, 5.41) is 17.8. The molecule has 1 aromatic heterocycles. The second-order valence-corrected chi connectivity index (χ2v) is 4.29. The van der Waals surface area contributed by atoms with E-state index in [9.17, 15) is 9.59 Å². The van der Waals surface area contributed by atoms with Gasteiger partial charge in [-0.1, -0.05) is 6.08 Å². The lowest BCUT2D eigenvalue weighted by Gasteiger charge is -2.12. The molecule has 0 saturated heterocycles. The van der Waals surface area contributed by atoms with Crippen molar-refractivity contribution in [1.29, 1.82) is 0 Å². The van der Waals surface area contributed by atoms with Crippen molar-refractivity contribution in [2.45, 2.75) is 32.4 Å². The van der Waals surface area contributed by atoms with E-state index in [0.29, 0.717) is 5.82 Å². The van der Waals surface area contributed by atoms with E-state index in [1.807, 2.05) is 13.8 Å². The summed E-state index contributed by atoms with van der Waals surface area (Å²) < 4.78 is 1.69. The molecule has 1 unspecified atom stereocenters. The molecule has 7 nitrogen and oxygen atoms in total. The molecule has 0 radical (unpaired) electrons. The third-order valence-electron chi connectivity index (χ3n) is 2.38. The summed E-state index contributed by atoms with van der Waals surface area (Å²) in [6.07, 6.45) is 3.33. The molecule has 1 aromatic rings. The van der Waals surface area contributed by atoms with Crippen LogP contribution in [0.15, 0.2) is 24.9 Å². The number of aromatic nitrogens is 2. The number of carbonyl (C=O) groups excluding carboxylic acids is 1. The van der Waals surface area contributed by atoms with Gasteiger partial charge in [0.2, 0.25) is 0 Å². The van der Waals surface area contributed by atoms with Crippen molar-refractivity contribution in [3.63, 3.8) is 0 Å². The smallest absolute Gasteiger partial charge is 0.326 e. The first-order chi connectivity index (χ1) is 8.93. The molecule has 1 atom stereocenters. The minimum atomic E-state index is -1.11. The Morgan fingerprint density at radius 1 is 1.58 bits per heavy atom. The summed E-state index contributed by atoms with van der Waals surface area (Å²) in [6.45, 7) is 7.37. The van der Waals surface area contributed by atoms with Gasteiger partial charge in [0.05, 0.1) is 0 Å². The van der Waals surface area contributed by atoms with Crippen LogP contribution in [0, 0.1) is 0 Å². The van der Waals surface area contributed by atoms with Crippen LogP contribution in [0.1, 0.15) is 26.3 Å². The van der Waals surface area contributed by atoms with Crippen LogP contribution in [0.2, 0.25) is 0 Å². The number of amides is 2. The second-order valence-electron chi connectivity index (χ2n) is 4.29.